The molecule has 8 heteroatoms. The largest absolute Gasteiger partial charge is 0.494 e. The SMILES string of the molecule is N=C(N)NCCCCOc1ccc2c(c1)N(Cc1ccccc1)C(=O)C(CC(=O)O)C2. The maximum atomic E-state index is 13.1. The second-order valence-corrected chi connectivity index (χ2v) is 7.60. The van der Waals surface area contributed by atoms with Crippen molar-refractivity contribution in [2.45, 2.75) is 32.2 Å². The summed E-state index contributed by atoms with van der Waals surface area (Å²) in [6.45, 7) is 1.50. The molecule has 0 bridgehead atoms. The highest BCUT2D eigenvalue weighted by Crippen LogP contribution is 2.36. The molecule has 3 rings (SSSR count). The number of fused-ring (bicyclic) bond motifs is 1. The molecule has 0 fully saturated rings. The van der Waals surface area contributed by atoms with Gasteiger partial charge in [-0.1, -0.05) is 36.4 Å². The molecule has 0 radical (unpaired) electrons. The quantitative estimate of drug-likeness (QED) is 0.264. The van der Waals surface area contributed by atoms with Gasteiger partial charge in [-0.3, -0.25) is 15.0 Å². The van der Waals surface area contributed by atoms with Gasteiger partial charge in [0, 0.05) is 12.6 Å². The zero-order valence-corrected chi connectivity index (χ0v) is 17.3. The van der Waals surface area contributed by atoms with Crippen LogP contribution in [0.5, 0.6) is 5.75 Å². The summed E-state index contributed by atoms with van der Waals surface area (Å²) in [6.07, 6.45) is 1.84. The van der Waals surface area contributed by atoms with E-state index in [0.717, 1.165) is 29.7 Å². The molecule has 1 heterocycles. The average Bonchev–Trinajstić information content (AvgIpc) is 2.74. The van der Waals surface area contributed by atoms with Gasteiger partial charge in [-0.15, -0.1) is 0 Å². The Kier molecular flexibility index (Phi) is 7.48. The van der Waals surface area contributed by atoms with E-state index in [9.17, 15) is 14.7 Å². The highest BCUT2D eigenvalue weighted by Gasteiger charge is 2.34. The van der Waals surface area contributed by atoms with Gasteiger partial charge in [0.1, 0.15) is 5.75 Å². The minimum atomic E-state index is -0.972. The molecule has 1 unspecified atom stereocenters. The summed E-state index contributed by atoms with van der Waals surface area (Å²) in [4.78, 5) is 26.0. The van der Waals surface area contributed by atoms with Crippen LogP contribution >= 0.6 is 0 Å². The van der Waals surface area contributed by atoms with Crippen molar-refractivity contribution in [3.8, 4) is 5.75 Å². The lowest BCUT2D eigenvalue weighted by Gasteiger charge is -2.34. The lowest BCUT2D eigenvalue weighted by Crippen LogP contribution is -2.41. The number of carbonyl (C=O) groups is 2. The molecule has 1 amide bonds. The zero-order chi connectivity index (χ0) is 22.2. The molecule has 1 aliphatic rings. The van der Waals surface area contributed by atoms with Crippen molar-refractivity contribution >= 4 is 23.5 Å². The van der Waals surface area contributed by atoms with Crippen LogP contribution in [0.4, 0.5) is 5.69 Å². The van der Waals surface area contributed by atoms with E-state index in [1.165, 1.54) is 0 Å². The Balaban J connectivity index is 1.73. The minimum Gasteiger partial charge on any atom is -0.494 e. The first-order valence-electron chi connectivity index (χ1n) is 10.3. The number of carboxylic acids is 1. The molecule has 1 atom stereocenters. The van der Waals surface area contributed by atoms with E-state index in [-0.39, 0.29) is 18.3 Å². The summed E-state index contributed by atoms with van der Waals surface area (Å²) in [5, 5.41) is 19.1. The summed E-state index contributed by atoms with van der Waals surface area (Å²) < 4.78 is 5.86. The third-order valence-electron chi connectivity index (χ3n) is 5.19. The number of ether oxygens (including phenoxy) is 1. The fourth-order valence-corrected chi connectivity index (χ4v) is 3.69. The van der Waals surface area contributed by atoms with Crippen LogP contribution in [0.1, 0.15) is 30.4 Å². The summed E-state index contributed by atoms with van der Waals surface area (Å²) in [7, 11) is 0. The highest BCUT2D eigenvalue weighted by atomic mass is 16.5. The molecular weight excluding hydrogens is 396 g/mol. The van der Waals surface area contributed by atoms with E-state index in [0.29, 0.717) is 31.9 Å². The lowest BCUT2D eigenvalue weighted by atomic mass is 9.89. The molecule has 0 aliphatic carbocycles. The standard InChI is InChI=1S/C23H28N4O4/c24-23(25)26-10-4-5-11-31-19-9-8-17-12-18(13-21(28)29)22(30)27(20(17)14-19)15-16-6-2-1-3-7-16/h1-3,6-9,14,18H,4-5,10-13,15H2,(H,28,29)(H4,24,25,26). The van der Waals surface area contributed by atoms with Crippen molar-refractivity contribution in [2.24, 2.45) is 11.7 Å². The molecule has 0 spiro atoms. The number of nitrogens with zero attached hydrogens (tertiary/aromatic N) is 1. The maximum Gasteiger partial charge on any atom is 0.304 e. The van der Waals surface area contributed by atoms with Crippen LogP contribution in [-0.4, -0.2) is 36.1 Å². The lowest BCUT2D eigenvalue weighted by molar-refractivity contribution is -0.140. The Morgan fingerprint density at radius 3 is 2.71 bits per heavy atom. The molecule has 8 nitrogen and oxygen atoms in total. The van der Waals surface area contributed by atoms with Gasteiger partial charge >= 0.3 is 5.97 Å². The number of unbranched alkanes of at least 4 members (excludes halogenated alkanes) is 1. The molecule has 2 aromatic rings. The van der Waals surface area contributed by atoms with E-state index in [4.69, 9.17) is 15.9 Å². The number of hydrogen-bond acceptors (Lipinski definition) is 4. The van der Waals surface area contributed by atoms with Crippen LogP contribution in [0.25, 0.3) is 0 Å². The first-order valence-corrected chi connectivity index (χ1v) is 10.3. The van der Waals surface area contributed by atoms with Gasteiger partial charge in [0.15, 0.2) is 5.96 Å². The first kappa shape index (κ1) is 22.1. The smallest absolute Gasteiger partial charge is 0.304 e. The number of aliphatic carboxylic acids is 1. The monoisotopic (exact) mass is 424 g/mol. The number of carboxylic acid groups (broad SMARTS) is 1. The van der Waals surface area contributed by atoms with Crippen molar-refractivity contribution in [2.75, 3.05) is 18.1 Å². The highest BCUT2D eigenvalue weighted by molar-refractivity contribution is 5.99. The van der Waals surface area contributed by atoms with E-state index in [1.807, 2.05) is 48.5 Å². The topological polar surface area (TPSA) is 129 Å². The van der Waals surface area contributed by atoms with Crippen LogP contribution in [0.15, 0.2) is 48.5 Å². The molecule has 5 N–H and O–H groups in total. The van der Waals surface area contributed by atoms with E-state index < -0.39 is 11.9 Å². The van der Waals surface area contributed by atoms with E-state index >= 15 is 0 Å². The molecule has 0 saturated carbocycles. The number of carbonyl (C=O) groups excluding carboxylic acids is 1. The number of amides is 1. The predicted molar refractivity (Wildman–Crippen MR) is 118 cm³/mol. The number of benzene rings is 2. The Labute approximate surface area is 181 Å². The van der Waals surface area contributed by atoms with Gasteiger partial charge in [0.2, 0.25) is 5.91 Å². The van der Waals surface area contributed by atoms with Gasteiger partial charge in [0.05, 0.1) is 31.2 Å². The molecule has 0 aromatic heterocycles. The Bertz CT molecular complexity index is 932. The van der Waals surface area contributed by atoms with Crippen LogP contribution in [0.3, 0.4) is 0 Å². The summed E-state index contributed by atoms with van der Waals surface area (Å²) in [5.74, 6) is -1.10. The van der Waals surface area contributed by atoms with E-state index in [2.05, 4.69) is 5.32 Å². The van der Waals surface area contributed by atoms with E-state index in [1.54, 1.807) is 4.90 Å². The fraction of sp³-hybridized carbons (Fsp3) is 0.348. The second kappa shape index (κ2) is 10.5. The van der Waals surface area contributed by atoms with Crippen molar-refractivity contribution in [1.82, 2.24) is 5.32 Å². The number of nitrogens with one attached hydrogen (secondary N) is 2. The zero-order valence-electron chi connectivity index (χ0n) is 17.3. The molecule has 164 valence electrons. The fourth-order valence-electron chi connectivity index (χ4n) is 3.69. The molecule has 0 saturated heterocycles. The van der Waals surface area contributed by atoms with Gasteiger partial charge in [-0.25, -0.2) is 0 Å². The van der Waals surface area contributed by atoms with Crippen LogP contribution < -0.4 is 20.7 Å². The normalized spacial score (nSPS) is 15.3. The molecular formula is C23H28N4O4. The number of nitrogens with two attached hydrogens (primary N) is 1. The second-order valence-electron chi connectivity index (χ2n) is 7.60. The van der Waals surface area contributed by atoms with Crippen molar-refractivity contribution in [1.29, 1.82) is 5.41 Å². The molecule has 1 aliphatic heterocycles. The average molecular weight is 425 g/mol. The number of hydrogen-bond donors (Lipinski definition) is 4. The van der Waals surface area contributed by atoms with Crippen LogP contribution in [0.2, 0.25) is 0 Å². The third-order valence-corrected chi connectivity index (χ3v) is 5.19. The Morgan fingerprint density at radius 1 is 1.23 bits per heavy atom. The third kappa shape index (κ3) is 6.21. The van der Waals surface area contributed by atoms with Crippen LogP contribution in [-0.2, 0) is 22.6 Å². The summed E-state index contributed by atoms with van der Waals surface area (Å²) in [5.41, 5.74) is 7.94. The van der Waals surface area contributed by atoms with Gasteiger partial charge in [-0.05, 0) is 36.5 Å². The van der Waals surface area contributed by atoms with Gasteiger partial charge in [-0.2, -0.15) is 0 Å². The van der Waals surface area contributed by atoms with Crippen molar-refractivity contribution in [3.05, 3.63) is 59.7 Å². The number of guanidine groups is 1. The number of rotatable bonds is 10. The van der Waals surface area contributed by atoms with Crippen molar-refractivity contribution in [3.63, 3.8) is 0 Å². The number of anilines is 1. The van der Waals surface area contributed by atoms with Crippen molar-refractivity contribution < 1.29 is 19.4 Å². The summed E-state index contributed by atoms with van der Waals surface area (Å²) >= 11 is 0. The van der Waals surface area contributed by atoms with Gasteiger partial charge in [0.25, 0.3) is 0 Å². The summed E-state index contributed by atoms with van der Waals surface area (Å²) in [6, 6.07) is 15.3. The minimum absolute atomic E-state index is 0.0417. The Morgan fingerprint density at radius 2 is 2.00 bits per heavy atom. The molecule has 31 heavy (non-hydrogen) atoms. The Hall–Kier alpha value is -3.55. The van der Waals surface area contributed by atoms with Gasteiger partial charge < -0.3 is 25.8 Å². The molecule has 2 aromatic carbocycles. The van der Waals surface area contributed by atoms with Crippen LogP contribution in [0, 0.1) is 11.3 Å². The predicted octanol–water partition coefficient (Wildman–Crippen LogP) is 2.51. The first-order chi connectivity index (χ1) is 14.9. The maximum absolute atomic E-state index is 13.1.